The second-order valence-electron chi connectivity index (χ2n) is 5.46. The molecule has 0 radical (unpaired) electrons. The molecule has 1 aliphatic heterocycles. The molecule has 1 atom stereocenters. The SMILES string of the molecule is O=C(NC[C@@H]1COC2(CCCCC2)O1)c1cc(Cl)c[nH]1. The predicted octanol–water partition coefficient (Wildman–Crippen LogP) is 2.47. The van der Waals surface area contributed by atoms with Crippen LogP contribution < -0.4 is 5.32 Å². The van der Waals surface area contributed by atoms with Crippen LogP contribution in [0, 0.1) is 0 Å². The van der Waals surface area contributed by atoms with Crippen molar-refractivity contribution < 1.29 is 14.3 Å². The molecule has 2 N–H and O–H groups in total. The van der Waals surface area contributed by atoms with E-state index >= 15 is 0 Å². The molecule has 1 aromatic rings. The summed E-state index contributed by atoms with van der Waals surface area (Å²) in [4.78, 5) is 14.7. The Balaban J connectivity index is 1.49. The van der Waals surface area contributed by atoms with Crippen LogP contribution in [0.5, 0.6) is 0 Å². The average Bonchev–Trinajstić information content (AvgIpc) is 3.05. The van der Waals surface area contributed by atoms with Gasteiger partial charge in [-0.3, -0.25) is 4.79 Å². The van der Waals surface area contributed by atoms with E-state index in [0.29, 0.717) is 23.9 Å². The number of amides is 1. The van der Waals surface area contributed by atoms with E-state index in [9.17, 15) is 4.79 Å². The minimum Gasteiger partial charge on any atom is -0.356 e. The van der Waals surface area contributed by atoms with Gasteiger partial charge in [0.25, 0.3) is 5.91 Å². The second kappa shape index (κ2) is 5.76. The number of carbonyl (C=O) groups excluding carboxylic acids is 1. The van der Waals surface area contributed by atoms with Gasteiger partial charge in [0.1, 0.15) is 11.8 Å². The number of ether oxygens (including phenoxy) is 2. The Bertz CT molecular complexity index is 483. The first-order valence-corrected chi connectivity index (χ1v) is 7.49. The van der Waals surface area contributed by atoms with Gasteiger partial charge in [0.15, 0.2) is 5.79 Å². The summed E-state index contributed by atoms with van der Waals surface area (Å²) in [5.74, 6) is -0.561. The first-order valence-electron chi connectivity index (χ1n) is 7.11. The molecular formula is C14H19ClN2O3. The van der Waals surface area contributed by atoms with Crippen LogP contribution in [0.15, 0.2) is 12.3 Å². The summed E-state index contributed by atoms with van der Waals surface area (Å²) in [6.45, 7) is 1.00. The van der Waals surface area contributed by atoms with Gasteiger partial charge in [-0.15, -0.1) is 0 Å². The fourth-order valence-corrected chi connectivity index (χ4v) is 3.03. The highest BCUT2D eigenvalue weighted by Gasteiger charge is 2.42. The molecule has 0 bridgehead atoms. The summed E-state index contributed by atoms with van der Waals surface area (Å²) in [5, 5.41) is 3.37. The first kappa shape index (κ1) is 13.9. The number of hydrogen-bond acceptors (Lipinski definition) is 3. The molecule has 2 fully saturated rings. The van der Waals surface area contributed by atoms with Crippen LogP contribution in [0.3, 0.4) is 0 Å². The number of aromatic nitrogens is 1. The summed E-state index contributed by atoms with van der Waals surface area (Å²) in [7, 11) is 0. The van der Waals surface area contributed by atoms with E-state index in [2.05, 4.69) is 10.3 Å². The molecule has 1 aromatic heterocycles. The molecule has 1 aliphatic carbocycles. The molecule has 2 aliphatic rings. The van der Waals surface area contributed by atoms with E-state index in [-0.39, 0.29) is 17.8 Å². The van der Waals surface area contributed by atoms with Crippen molar-refractivity contribution in [1.29, 1.82) is 0 Å². The van der Waals surface area contributed by atoms with Gasteiger partial charge in [0.2, 0.25) is 0 Å². The van der Waals surface area contributed by atoms with E-state index in [1.165, 1.54) is 6.42 Å². The smallest absolute Gasteiger partial charge is 0.267 e. The van der Waals surface area contributed by atoms with E-state index in [0.717, 1.165) is 25.7 Å². The quantitative estimate of drug-likeness (QED) is 0.901. The lowest BCUT2D eigenvalue weighted by molar-refractivity contribution is -0.186. The topological polar surface area (TPSA) is 63.4 Å². The summed E-state index contributed by atoms with van der Waals surface area (Å²) in [5.41, 5.74) is 0.460. The fourth-order valence-electron chi connectivity index (χ4n) is 2.87. The molecule has 6 heteroatoms. The molecule has 3 rings (SSSR count). The maximum absolute atomic E-state index is 11.9. The van der Waals surface area contributed by atoms with Gasteiger partial charge in [-0.2, -0.15) is 0 Å². The first-order chi connectivity index (χ1) is 9.67. The highest BCUT2D eigenvalue weighted by molar-refractivity contribution is 6.30. The van der Waals surface area contributed by atoms with E-state index in [1.807, 2.05) is 0 Å². The Hall–Kier alpha value is -1.04. The van der Waals surface area contributed by atoms with Crippen LogP contribution in [0.2, 0.25) is 5.02 Å². The molecule has 110 valence electrons. The maximum Gasteiger partial charge on any atom is 0.267 e. The number of rotatable bonds is 3. The van der Waals surface area contributed by atoms with Crippen LogP contribution in [-0.4, -0.2) is 35.9 Å². The van der Waals surface area contributed by atoms with Crippen LogP contribution in [0.1, 0.15) is 42.6 Å². The number of halogens is 1. The normalized spacial score (nSPS) is 24.9. The molecule has 20 heavy (non-hydrogen) atoms. The van der Waals surface area contributed by atoms with Crippen molar-refractivity contribution in [3.63, 3.8) is 0 Å². The fraction of sp³-hybridized carbons (Fsp3) is 0.643. The highest BCUT2D eigenvalue weighted by atomic mass is 35.5. The molecule has 1 spiro atoms. The second-order valence-corrected chi connectivity index (χ2v) is 5.90. The van der Waals surface area contributed by atoms with Crippen molar-refractivity contribution in [2.75, 3.05) is 13.2 Å². The van der Waals surface area contributed by atoms with Gasteiger partial charge < -0.3 is 19.8 Å². The van der Waals surface area contributed by atoms with Crippen molar-refractivity contribution in [3.05, 3.63) is 23.0 Å². The predicted molar refractivity (Wildman–Crippen MR) is 74.8 cm³/mol. The third kappa shape index (κ3) is 3.00. The van der Waals surface area contributed by atoms with E-state index < -0.39 is 0 Å². The van der Waals surface area contributed by atoms with Gasteiger partial charge >= 0.3 is 0 Å². The van der Waals surface area contributed by atoms with E-state index in [1.54, 1.807) is 12.3 Å². The number of hydrogen-bond donors (Lipinski definition) is 2. The van der Waals surface area contributed by atoms with Gasteiger partial charge in [-0.25, -0.2) is 0 Å². The van der Waals surface area contributed by atoms with Gasteiger partial charge in [-0.1, -0.05) is 18.0 Å². The Morgan fingerprint density at radius 3 is 2.95 bits per heavy atom. The standard InChI is InChI=1S/C14H19ClN2O3/c15-10-6-12(16-7-10)13(18)17-8-11-9-19-14(20-11)4-2-1-3-5-14/h6-7,11,16H,1-5,8-9H2,(H,17,18)/t11-/m1/s1. The third-order valence-corrected chi connectivity index (χ3v) is 4.13. The zero-order chi connectivity index (χ0) is 14.0. The molecule has 1 saturated carbocycles. The largest absolute Gasteiger partial charge is 0.356 e. The van der Waals surface area contributed by atoms with Crippen LogP contribution >= 0.6 is 11.6 Å². The van der Waals surface area contributed by atoms with Crippen molar-refractivity contribution in [1.82, 2.24) is 10.3 Å². The zero-order valence-electron chi connectivity index (χ0n) is 11.3. The molecule has 2 heterocycles. The number of aromatic amines is 1. The van der Waals surface area contributed by atoms with Crippen LogP contribution in [-0.2, 0) is 9.47 Å². The summed E-state index contributed by atoms with van der Waals surface area (Å²) in [6, 6.07) is 1.60. The molecule has 0 aromatic carbocycles. The van der Waals surface area contributed by atoms with Gasteiger partial charge in [-0.05, 0) is 18.9 Å². The zero-order valence-corrected chi connectivity index (χ0v) is 12.0. The number of carbonyl (C=O) groups is 1. The highest BCUT2D eigenvalue weighted by Crippen LogP contribution is 2.37. The van der Waals surface area contributed by atoms with Crippen molar-refractivity contribution in [2.24, 2.45) is 0 Å². The Morgan fingerprint density at radius 1 is 1.45 bits per heavy atom. The molecular weight excluding hydrogens is 280 g/mol. The van der Waals surface area contributed by atoms with Crippen molar-refractivity contribution in [2.45, 2.75) is 44.0 Å². The monoisotopic (exact) mass is 298 g/mol. The van der Waals surface area contributed by atoms with Gasteiger partial charge in [0, 0.05) is 25.6 Å². The summed E-state index contributed by atoms with van der Waals surface area (Å²) >= 11 is 5.77. The number of nitrogens with one attached hydrogen (secondary N) is 2. The maximum atomic E-state index is 11.9. The van der Waals surface area contributed by atoms with Crippen LogP contribution in [0.4, 0.5) is 0 Å². The lowest BCUT2D eigenvalue weighted by Crippen LogP contribution is -2.37. The van der Waals surface area contributed by atoms with E-state index in [4.69, 9.17) is 21.1 Å². The minimum atomic E-state index is -0.386. The lowest BCUT2D eigenvalue weighted by Gasteiger charge is -2.31. The van der Waals surface area contributed by atoms with Crippen molar-refractivity contribution in [3.8, 4) is 0 Å². The summed E-state index contributed by atoms with van der Waals surface area (Å²) < 4.78 is 11.8. The third-order valence-electron chi connectivity index (χ3n) is 3.91. The molecule has 1 saturated heterocycles. The number of H-pyrrole nitrogens is 1. The molecule has 0 unspecified atom stereocenters. The Kier molecular flexibility index (Phi) is 4.01. The van der Waals surface area contributed by atoms with Gasteiger partial charge in [0.05, 0.1) is 11.6 Å². The lowest BCUT2D eigenvalue weighted by atomic mass is 9.94. The molecule has 5 nitrogen and oxygen atoms in total. The Morgan fingerprint density at radius 2 is 2.25 bits per heavy atom. The Labute approximate surface area is 123 Å². The summed E-state index contributed by atoms with van der Waals surface area (Å²) in [6.07, 6.45) is 7.00. The average molecular weight is 299 g/mol. The minimum absolute atomic E-state index is 0.0671. The van der Waals surface area contributed by atoms with Crippen LogP contribution in [0.25, 0.3) is 0 Å². The van der Waals surface area contributed by atoms with Crippen molar-refractivity contribution >= 4 is 17.5 Å². The molecule has 1 amide bonds.